The zero-order valence-corrected chi connectivity index (χ0v) is 14.5. The molecule has 2 nitrogen and oxygen atoms in total. The number of carbonyl (C=O) groups is 1. The van der Waals surface area contributed by atoms with E-state index < -0.39 is 6.10 Å². The normalized spacial score (nSPS) is 36.4. The molecule has 1 saturated carbocycles. The fraction of sp³-hybridized carbons (Fsp3) is 0.650. The smallest absolute Gasteiger partial charge is 0.159 e. The first-order valence-electron chi connectivity index (χ1n) is 8.46. The number of Topliss-reactive ketones (excluding diaryl/α,β-unsaturated/α-hetero) is 1. The summed E-state index contributed by atoms with van der Waals surface area (Å²) < 4.78 is 0. The third kappa shape index (κ3) is 3.43. The topological polar surface area (TPSA) is 37.3 Å². The van der Waals surface area contributed by atoms with Crippen molar-refractivity contribution < 1.29 is 9.90 Å². The highest BCUT2D eigenvalue weighted by atomic mass is 16.3. The standard InChI is InChI=1S/C20H30O2/c1-13(2)19-16-10-9-14(3)7-6-8-15(4)17(21)11-20(16,5)12-18(19)22/h7,16-17,21H,4,6,8-12H2,1-3,5H3/b14-7+/t16-,17+,20-/m1/s1. The molecule has 2 aliphatic rings. The molecule has 1 fully saturated rings. The molecule has 122 valence electrons. The Morgan fingerprint density at radius 2 is 2.05 bits per heavy atom. The molecule has 2 aliphatic carbocycles. The van der Waals surface area contributed by atoms with E-state index in [9.17, 15) is 9.90 Å². The SMILES string of the molecule is C=C1CC/C=C(\C)CC[C@@H]2C(=C(C)C)C(=O)C[C@@]2(C)C[C@@H]1O. The summed E-state index contributed by atoms with van der Waals surface area (Å²) in [5.74, 6) is 0.540. The maximum atomic E-state index is 12.5. The molecule has 1 N–H and O–H groups in total. The number of aliphatic hydroxyl groups excluding tert-OH is 1. The molecule has 0 aliphatic heterocycles. The summed E-state index contributed by atoms with van der Waals surface area (Å²) in [4.78, 5) is 12.5. The van der Waals surface area contributed by atoms with Gasteiger partial charge in [-0.3, -0.25) is 4.79 Å². The summed E-state index contributed by atoms with van der Waals surface area (Å²) in [6.45, 7) is 12.5. The van der Waals surface area contributed by atoms with Crippen LogP contribution in [0.25, 0.3) is 0 Å². The van der Waals surface area contributed by atoms with Crippen LogP contribution in [0.1, 0.15) is 66.2 Å². The fourth-order valence-electron chi connectivity index (χ4n) is 4.19. The van der Waals surface area contributed by atoms with E-state index in [1.54, 1.807) is 0 Å². The largest absolute Gasteiger partial charge is 0.389 e. The first-order chi connectivity index (χ1) is 10.2. The minimum atomic E-state index is -0.497. The van der Waals surface area contributed by atoms with E-state index in [1.807, 2.05) is 13.8 Å². The lowest BCUT2D eigenvalue weighted by Crippen LogP contribution is -2.29. The molecule has 0 heterocycles. The highest BCUT2D eigenvalue weighted by Gasteiger charge is 2.47. The van der Waals surface area contributed by atoms with Crippen LogP contribution in [-0.2, 0) is 4.79 Å². The molecule has 2 heteroatoms. The van der Waals surface area contributed by atoms with Crippen LogP contribution >= 0.6 is 0 Å². The molecule has 0 bridgehead atoms. The summed E-state index contributed by atoms with van der Waals surface area (Å²) in [6, 6.07) is 0. The molecule has 22 heavy (non-hydrogen) atoms. The number of hydrogen-bond acceptors (Lipinski definition) is 2. The van der Waals surface area contributed by atoms with Crippen molar-refractivity contribution in [2.75, 3.05) is 0 Å². The Kier molecular flexibility index (Phi) is 5.11. The van der Waals surface area contributed by atoms with Crippen molar-refractivity contribution in [1.29, 1.82) is 0 Å². The van der Waals surface area contributed by atoms with Crippen LogP contribution in [0.3, 0.4) is 0 Å². The van der Waals surface area contributed by atoms with Gasteiger partial charge in [0.15, 0.2) is 5.78 Å². The van der Waals surface area contributed by atoms with Crippen molar-refractivity contribution in [2.45, 2.75) is 72.3 Å². The Hall–Kier alpha value is -1.15. The van der Waals surface area contributed by atoms with Gasteiger partial charge in [0, 0.05) is 6.42 Å². The highest BCUT2D eigenvalue weighted by Crippen LogP contribution is 2.51. The number of allylic oxidation sites excluding steroid dienone is 4. The molecule has 3 atom stereocenters. The van der Waals surface area contributed by atoms with E-state index in [0.29, 0.717) is 12.8 Å². The van der Waals surface area contributed by atoms with Crippen molar-refractivity contribution in [2.24, 2.45) is 11.3 Å². The van der Waals surface area contributed by atoms with Crippen molar-refractivity contribution in [3.05, 3.63) is 34.9 Å². The zero-order valence-electron chi connectivity index (χ0n) is 14.5. The third-order valence-electron chi connectivity index (χ3n) is 5.51. The Labute approximate surface area is 135 Å². The first-order valence-corrected chi connectivity index (χ1v) is 8.46. The lowest BCUT2D eigenvalue weighted by Gasteiger charge is -2.34. The summed E-state index contributed by atoms with van der Waals surface area (Å²) in [7, 11) is 0. The Morgan fingerprint density at radius 1 is 1.36 bits per heavy atom. The van der Waals surface area contributed by atoms with Crippen LogP contribution in [-0.4, -0.2) is 17.0 Å². The molecular weight excluding hydrogens is 272 g/mol. The highest BCUT2D eigenvalue weighted by molar-refractivity contribution is 5.99. The van der Waals surface area contributed by atoms with E-state index in [-0.39, 0.29) is 17.1 Å². The average molecular weight is 302 g/mol. The Bertz CT molecular complexity index is 534. The minimum Gasteiger partial charge on any atom is -0.389 e. The molecule has 0 radical (unpaired) electrons. The van der Waals surface area contributed by atoms with Crippen molar-refractivity contribution >= 4 is 5.78 Å². The monoisotopic (exact) mass is 302 g/mol. The maximum absolute atomic E-state index is 12.5. The number of hydrogen-bond donors (Lipinski definition) is 1. The van der Waals surface area contributed by atoms with Gasteiger partial charge in [-0.05, 0) is 75.4 Å². The molecule has 0 aromatic rings. The van der Waals surface area contributed by atoms with Gasteiger partial charge in [-0.15, -0.1) is 0 Å². The van der Waals surface area contributed by atoms with E-state index in [1.165, 1.54) is 5.57 Å². The van der Waals surface area contributed by atoms with Gasteiger partial charge >= 0.3 is 0 Å². The van der Waals surface area contributed by atoms with Crippen molar-refractivity contribution in [3.8, 4) is 0 Å². The zero-order chi connectivity index (χ0) is 16.5. The van der Waals surface area contributed by atoms with Crippen LogP contribution in [0, 0.1) is 11.3 Å². The van der Waals surface area contributed by atoms with E-state index in [2.05, 4.69) is 26.5 Å². The summed E-state index contributed by atoms with van der Waals surface area (Å²) >= 11 is 0. The lowest BCUT2D eigenvalue weighted by molar-refractivity contribution is -0.115. The van der Waals surface area contributed by atoms with Crippen molar-refractivity contribution in [3.63, 3.8) is 0 Å². The maximum Gasteiger partial charge on any atom is 0.159 e. The fourth-order valence-corrected chi connectivity index (χ4v) is 4.19. The Balaban J connectivity index is 2.40. The van der Waals surface area contributed by atoms with Crippen LogP contribution < -0.4 is 0 Å². The molecule has 0 spiro atoms. The van der Waals surface area contributed by atoms with Gasteiger partial charge in [0.2, 0.25) is 0 Å². The predicted octanol–water partition coefficient (Wildman–Crippen LogP) is 4.75. The summed E-state index contributed by atoms with van der Waals surface area (Å²) in [5.41, 5.74) is 4.32. The van der Waals surface area contributed by atoms with Gasteiger partial charge in [-0.25, -0.2) is 0 Å². The van der Waals surface area contributed by atoms with Crippen molar-refractivity contribution in [1.82, 2.24) is 0 Å². The molecule has 0 aromatic heterocycles. The predicted molar refractivity (Wildman–Crippen MR) is 91.6 cm³/mol. The van der Waals surface area contributed by atoms with Gasteiger partial charge < -0.3 is 5.11 Å². The second-order valence-corrected chi connectivity index (χ2v) is 7.73. The van der Waals surface area contributed by atoms with Gasteiger partial charge in [-0.2, -0.15) is 0 Å². The van der Waals surface area contributed by atoms with Crippen LogP contribution in [0.2, 0.25) is 0 Å². The van der Waals surface area contributed by atoms with Gasteiger partial charge in [0.1, 0.15) is 0 Å². The molecule has 2 rings (SSSR count). The molecule has 0 aromatic carbocycles. The quantitative estimate of drug-likeness (QED) is 0.518. The van der Waals surface area contributed by atoms with Gasteiger partial charge in [0.25, 0.3) is 0 Å². The number of fused-ring (bicyclic) bond motifs is 1. The van der Waals surface area contributed by atoms with Crippen LogP contribution in [0.4, 0.5) is 0 Å². The molecule has 0 amide bonds. The number of carbonyl (C=O) groups excluding carboxylic acids is 1. The van der Waals surface area contributed by atoms with Gasteiger partial charge in [0.05, 0.1) is 6.10 Å². The molecule has 0 saturated heterocycles. The number of ketones is 1. The third-order valence-corrected chi connectivity index (χ3v) is 5.51. The minimum absolute atomic E-state index is 0.142. The average Bonchev–Trinajstić information content (AvgIpc) is 2.65. The lowest BCUT2D eigenvalue weighted by atomic mass is 9.71. The van der Waals surface area contributed by atoms with E-state index >= 15 is 0 Å². The second kappa shape index (κ2) is 6.54. The number of rotatable bonds is 0. The second-order valence-electron chi connectivity index (χ2n) is 7.73. The van der Waals surface area contributed by atoms with E-state index in [0.717, 1.165) is 42.4 Å². The van der Waals surface area contributed by atoms with Gasteiger partial charge in [-0.1, -0.05) is 30.7 Å². The number of aliphatic hydroxyl groups is 1. The Morgan fingerprint density at radius 3 is 2.68 bits per heavy atom. The molecule has 0 unspecified atom stereocenters. The van der Waals surface area contributed by atoms with Crippen LogP contribution in [0.15, 0.2) is 34.9 Å². The summed E-state index contributed by atoms with van der Waals surface area (Å²) in [5, 5.41) is 10.5. The molecular formula is C20H30O2. The first kappa shape index (κ1) is 17.2. The van der Waals surface area contributed by atoms with Crippen LogP contribution in [0.5, 0.6) is 0 Å². The summed E-state index contributed by atoms with van der Waals surface area (Å²) in [6.07, 6.45) is 6.81. The van der Waals surface area contributed by atoms with E-state index in [4.69, 9.17) is 0 Å².